The molecule has 0 bridgehead atoms. The van der Waals surface area contributed by atoms with E-state index < -0.39 is 11.4 Å². The van der Waals surface area contributed by atoms with Gasteiger partial charge in [-0.3, -0.25) is 14.5 Å². The number of pyridine rings is 1. The highest BCUT2D eigenvalue weighted by Gasteiger charge is 2.40. The molecule has 1 aliphatic heterocycles. The van der Waals surface area contributed by atoms with Crippen LogP contribution in [0, 0.1) is 0 Å². The second-order valence-corrected chi connectivity index (χ2v) is 5.93. The number of amides is 1. The van der Waals surface area contributed by atoms with E-state index in [0.717, 1.165) is 0 Å². The zero-order valence-corrected chi connectivity index (χ0v) is 13.2. The van der Waals surface area contributed by atoms with Crippen molar-refractivity contribution >= 4 is 5.91 Å². The number of morpholine rings is 1. The molecule has 0 aromatic carbocycles. The Morgan fingerprint density at radius 3 is 2.95 bits per heavy atom. The van der Waals surface area contributed by atoms with Gasteiger partial charge in [0, 0.05) is 38.1 Å². The fourth-order valence-corrected chi connectivity index (χ4v) is 2.59. The van der Waals surface area contributed by atoms with Gasteiger partial charge in [-0.25, -0.2) is 0 Å². The maximum absolute atomic E-state index is 12.2. The van der Waals surface area contributed by atoms with Crippen LogP contribution in [-0.2, 0) is 11.8 Å². The average molecular weight is 309 g/mol. The number of aliphatic hydroxyl groups excluding tert-OH is 1. The molecule has 0 aliphatic carbocycles. The highest BCUT2D eigenvalue weighted by molar-refractivity contribution is 5.93. The largest absolute Gasteiger partial charge is 0.394 e. The van der Waals surface area contributed by atoms with Crippen molar-refractivity contribution in [3.63, 3.8) is 0 Å². The van der Waals surface area contributed by atoms with Gasteiger partial charge in [0.05, 0.1) is 25.4 Å². The van der Waals surface area contributed by atoms with Crippen molar-refractivity contribution in [1.29, 1.82) is 0 Å². The first kappa shape index (κ1) is 16.7. The highest BCUT2D eigenvalue weighted by Crippen LogP contribution is 2.21. The van der Waals surface area contributed by atoms with Crippen molar-refractivity contribution in [3.05, 3.63) is 34.2 Å². The van der Waals surface area contributed by atoms with Crippen molar-refractivity contribution in [1.82, 2.24) is 14.8 Å². The van der Waals surface area contributed by atoms with E-state index in [4.69, 9.17) is 4.74 Å². The van der Waals surface area contributed by atoms with Crippen molar-refractivity contribution < 1.29 is 14.6 Å². The summed E-state index contributed by atoms with van der Waals surface area (Å²) in [5.74, 6) is -0.444. The Morgan fingerprint density at radius 2 is 2.27 bits per heavy atom. The second-order valence-electron chi connectivity index (χ2n) is 5.93. The number of aliphatic hydroxyl groups is 1. The third-order valence-corrected chi connectivity index (χ3v) is 4.32. The molecule has 1 amide bonds. The Balaban J connectivity index is 2.12. The molecule has 7 heteroatoms. The summed E-state index contributed by atoms with van der Waals surface area (Å²) in [6.45, 7) is 2.99. The molecule has 0 radical (unpaired) electrons. The molecule has 0 unspecified atom stereocenters. The van der Waals surface area contributed by atoms with E-state index in [1.807, 2.05) is 18.9 Å². The predicted molar refractivity (Wildman–Crippen MR) is 81.9 cm³/mol. The number of carbonyl (C=O) groups excluding carboxylic acids is 1. The molecule has 0 spiro atoms. The van der Waals surface area contributed by atoms with Crippen LogP contribution in [0.15, 0.2) is 23.3 Å². The molecule has 1 fully saturated rings. The molecule has 2 rings (SSSR count). The molecule has 1 saturated heterocycles. The van der Waals surface area contributed by atoms with Gasteiger partial charge in [0.15, 0.2) is 5.43 Å². The summed E-state index contributed by atoms with van der Waals surface area (Å²) >= 11 is 0. The molecule has 7 nitrogen and oxygen atoms in total. The molecule has 2 N–H and O–H groups in total. The number of aromatic nitrogens is 1. The van der Waals surface area contributed by atoms with Crippen LogP contribution in [-0.4, -0.2) is 65.5 Å². The normalized spacial score (nSPS) is 25.9. The van der Waals surface area contributed by atoms with E-state index in [9.17, 15) is 14.7 Å². The summed E-state index contributed by atoms with van der Waals surface area (Å²) < 4.78 is 7.17. The van der Waals surface area contributed by atoms with Crippen LogP contribution < -0.4 is 10.7 Å². The van der Waals surface area contributed by atoms with Gasteiger partial charge in [-0.15, -0.1) is 0 Å². The standard InChI is InChI=1S/C15H23N3O4/c1-11-7-22-10-15(9-19,18(11)3)8-16-14(21)12-6-17(2)5-4-13(12)20/h4-6,11,19H,7-10H2,1-3H3,(H,16,21)/t11-,15+/m1/s1. The van der Waals surface area contributed by atoms with Gasteiger partial charge in [0.25, 0.3) is 5.91 Å². The lowest BCUT2D eigenvalue weighted by atomic mass is 9.96. The number of likely N-dealkylation sites (N-methyl/N-ethyl adjacent to an activating group) is 1. The van der Waals surface area contributed by atoms with Crippen LogP contribution in [0.3, 0.4) is 0 Å². The third kappa shape index (κ3) is 3.21. The van der Waals surface area contributed by atoms with Crippen molar-refractivity contribution in [2.75, 3.05) is 33.4 Å². The Morgan fingerprint density at radius 1 is 1.55 bits per heavy atom. The number of rotatable bonds is 4. The monoisotopic (exact) mass is 309 g/mol. The summed E-state index contributed by atoms with van der Waals surface area (Å²) in [7, 11) is 3.65. The average Bonchev–Trinajstić information content (AvgIpc) is 2.51. The quantitative estimate of drug-likeness (QED) is 0.760. The Hall–Kier alpha value is -1.70. The first-order valence-electron chi connectivity index (χ1n) is 7.25. The molecule has 22 heavy (non-hydrogen) atoms. The smallest absolute Gasteiger partial charge is 0.256 e. The van der Waals surface area contributed by atoms with Crippen molar-refractivity contribution in [2.45, 2.75) is 18.5 Å². The summed E-state index contributed by atoms with van der Waals surface area (Å²) in [6, 6.07) is 1.50. The van der Waals surface area contributed by atoms with Gasteiger partial charge in [-0.2, -0.15) is 0 Å². The zero-order chi connectivity index (χ0) is 16.3. The third-order valence-electron chi connectivity index (χ3n) is 4.32. The lowest BCUT2D eigenvalue weighted by Gasteiger charge is -2.47. The van der Waals surface area contributed by atoms with Gasteiger partial charge in [0.1, 0.15) is 5.56 Å². The van der Waals surface area contributed by atoms with Crippen LogP contribution in [0.1, 0.15) is 17.3 Å². The van der Waals surface area contributed by atoms with Gasteiger partial charge in [-0.1, -0.05) is 0 Å². The molecule has 122 valence electrons. The number of carbonyl (C=O) groups is 1. The maximum atomic E-state index is 12.2. The number of ether oxygens (including phenoxy) is 1. The summed E-state index contributed by atoms with van der Waals surface area (Å²) in [5.41, 5.74) is -0.909. The van der Waals surface area contributed by atoms with E-state index in [1.54, 1.807) is 17.8 Å². The fraction of sp³-hybridized carbons (Fsp3) is 0.600. The first-order chi connectivity index (χ1) is 10.4. The topological polar surface area (TPSA) is 83.8 Å². The second kappa shape index (κ2) is 6.60. The molecule has 0 saturated carbocycles. The zero-order valence-electron chi connectivity index (χ0n) is 13.2. The van der Waals surface area contributed by atoms with E-state index in [2.05, 4.69) is 5.32 Å². The van der Waals surface area contributed by atoms with Gasteiger partial charge in [-0.05, 0) is 14.0 Å². The SMILES string of the molecule is C[C@@H]1COC[C@@](CO)(CNC(=O)c2cn(C)ccc2=O)N1C. The predicted octanol–water partition coefficient (Wildman–Crippen LogP) is -0.803. The van der Waals surface area contributed by atoms with E-state index in [0.29, 0.717) is 13.2 Å². The summed E-state index contributed by atoms with van der Waals surface area (Å²) in [5, 5.41) is 12.5. The van der Waals surface area contributed by atoms with Crippen LogP contribution in [0.25, 0.3) is 0 Å². The van der Waals surface area contributed by atoms with Gasteiger partial charge in [0.2, 0.25) is 0 Å². The first-order valence-corrected chi connectivity index (χ1v) is 7.25. The lowest BCUT2D eigenvalue weighted by Crippen LogP contribution is -2.65. The van der Waals surface area contributed by atoms with Gasteiger partial charge >= 0.3 is 0 Å². The number of aryl methyl sites for hydroxylation is 1. The molecular formula is C15H23N3O4. The Labute approximate surface area is 129 Å². The molecule has 1 aromatic rings. The number of hydrogen-bond donors (Lipinski definition) is 2. The van der Waals surface area contributed by atoms with Crippen molar-refractivity contribution in [2.24, 2.45) is 7.05 Å². The molecule has 2 heterocycles. The molecular weight excluding hydrogens is 286 g/mol. The van der Waals surface area contributed by atoms with Crippen LogP contribution in [0.2, 0.25) is 0 Å². The van der Waals surface area contributed by atoms with Crippen molar-refractivity contribution in [3.8, 4) is 0 Å². The summed E-state index contributed by atoms with van der Waals surface area (Å²) in [4.78, 5) is 26.0. The number of nitrogens with one attached hydrogen (secondary N) is 1. The molecule has 1 aromatic heterocycles. The molecule has 1 aliphatic rings. The number of nitrogens with zero attached hydrogens (tertiary/aromatic N) is 2. The van der Waals surface area contributed by atoms with Crippen LogP contribution in [0.5, 0.6) is 0 Å². The van der Waals surface area contributed by atoms with Gasteiger partial charge < -0.3 is 19.7 Å². The minimum atomic E-state index is -0.673. The Kier molecular flexibility index (Phi) is 5.00. The lowest BCUT2D eigenvalue weighted by molar-refractivity contribution is -0.105. The minimum absolute atomic E-state index is 0.0884. The highest BCUT2D eigenvalue weighted by atomic mass is 16.5. The van der Waals surface area contributed by atoms with E-state index in [1.165, 1.54) is 12.3 Å². The maximum Gasteiger partial charge on any atom is 0.256 e. The van der Waals surface area contributed by atoms with Crippen LogP contribution >= 0.6 is 0 Å². The van der Waals surface area contributed by atoms with E-state index >= 15 is 0 Å². The fourth-order valence-electron chi connectivity index (χ4n) is 2.59. The van der Waals surface area contributed by atoms with Crippen LogP contribution in [0.4, 0.5) is 0 Å². The minimum Gasteiger partial charge on any atom is -0.394 e. The van der Waals surface area contributed by atoms with E-state index in [-0.39, 0.29) is 30.2 Å². The molecule has 2 atom stereocenters. The number of hydrogen-bond acceptors (Lipinski definition) is 5. The Bertz CT molecular complexity index is 601. The summed E-state index contributed by atoms with van der Waals surface area (Å²) in [6.07, 6.45) is 3.09.